The van der Waals surface area contributed by atoms with Crippen LogP contribution in [0.3, 0.4) is 0 Å². The first-order valence-corrected chi connectivity index (χ1v) is 5.55. The van der Waals surface area contributed by atoms with E-state index in [2.05, 4.69) is 0 Å². The highest BCUT2D eigenvalue weighted by Crippen LogP contribution is 2.32. The molecule has 0 aliphatic rings. The number of carboxylic acid groups (broad SMARTS) is 1. The van der Waals surface area contributed by atoms with Gasteiger partial charge >= 0.3 is 12.1 Å². The SMILES string of the molecule is O=C(O)/C=C\c1ccc(-c2cccc(C(F)(F)F)c2)o1. The largest absolute Gasteiger partial charge is 0.478 e. The second-order valence-electron chi connectivity index (χ2n) is 3.95. The predicted octanol–water partition coefficient (Wildman–Crippen LogP) is 4.06. The van der Waals surface area contributed by atoms with Crippen LogP contribution in [0.5, 0.6) is 0 Å². The summed E-state index contributed by atoms with van der Waals surface area (Å²) in [6, 6.07) is 7.68. The summed E-state index contributed by atoms with van der Waals surface area (Å²) in [6.07, 6.45) is -2.32. The molecule has 1 aromatic heterocycles. The van der Waals surface area contributed by atoms with Crippen LogP contribution in [0.25, 0.3) is 17.4 Å². The van der Waals surface area contributed by atoms with Crippen LogP contribution in [0.2, 0.25) is 0 Å². The Kier molecular flexibility index (Phi) is 3.65. The average Bonchev–Trinajstić information content (AvgIpc) is 2.84. The van der Waals surface area contributed by atoms with E-state index in [-0.39, 0.29) is 17.1 Å². The maximum atomic E-state index is 12.6. The summed E-state index contributed by atoms with van der Waals surface area (Å²) in [6.45, 7) is 0. The summed E-state index contributed by atoms with van der Waals surface area (Å²) in [7, 11) is 0. The number of halogens is 3. The monoisotopic (exact) mass is 282 g/mol. The molecule has 2 aromatic rings. The molecular formula is C14H9F3O3. The van der Waals surface area contributed by atoms with Crippen LogP contribution in [-0.2, 0) is 11.0 Å². The van der Waals surface area contributed by atoms with Crippen molar-refractivity contribution in [1.82, 2.24) is 0 Å². The molecule has 0 atom stereocenters. The minimum atomic E-state index is -4.42. The third kappa shape index (κ3) is 3.28. The van der Waals surface area contributed by atoms with Crippen LogP contribution in [0, 0.1) is 0 Å². The highest BCUT2D eigenvalue weighted by molar-refractivity contribution is 5.84. The Hall–Kier alpha value is -2.50. The second-order valence-corrected chi connectivity index (χ2v) is 3.95. The van der Waals surface area contributed by atoms with E-state index >= 15 is 0 Å². The zero-order valence-electron chi connectivity index (χ0n) is 10.0. The number of carbonyl (C=O) groups is 1. The number of hydrogen-bond acceptors (Lipinski definition) is 2. The molecule has 1 aromatic carbocycles. The molecule has 3 nitrogen and oxygen atoms in total. The first kappa shape index (κ1) is 13.9. The van der Waals surface area contributed by atoms with Gasteiger partial charge in [0.15, 0.2) is 0 Å². The van der Waals surface area contributed by atoms with Crippen LogP contribution in [0.1, 0.15) is 11.3 Å². The molecule has 1 heterocycles. The molecule has 0 amide bonds. The third-order valence-corrected chi connectivity index (χ3v) is 2.49. The van der Waals surface area contributed by atoms with Gasteiger partial charge in [0.1, 0.15) is 11.5 Å². The Morgan fingerprint density at radius 3 is 2.60 bits per heavy atom. The van der Waals surface area contributed by atoms with E-state index < -0.39 is 17.7 Å². The zero-order valence-corrected chi connectivity index (χ0v) is 10.0. The lowest BCUT2D eigenvalue weighted by atomic mass is 10.1. The fourth-order valence-corrected chi connectivity index (χ4v) is 1.60. The molecule has 1 N–H and O–H groups in total. The maximum absolute atomic E-state index is 12.6. The van der Waals surface area contributed by atoms with Gasteiger partial charge in [0.25, 0.3) is 0 Å². The van der Waals surface area contributed by atoms with E-state index in [1.807, 2.05) is 0 Å². The molecule has 0 saturated heterocycles. The highest BCUT2D eigenvalue weighted by Gasteiger charge is 2.30. The standard InChI is InChI=1S/C14H9F3O3/c15-14(16,17)10-3-1-2-9(8-10)12-6-4-11(20-12)5-7-13(18)19/h1-8H,(H,18,19)/b7-5-. The molecule has 0 saturated carbocycles. The number of alkyl halides is 3. The molecule has 0 aliphatic carbocycles. The summed E-state index contributed by atoms with van der Waals surface area (Å²) in [5.74, 6) is -0.650. The predicted molar refractivity (Wildman–Crippen MR) is 65.8 cm³/mol. The Morgan fingerprint density at radius 1 is 1.20 bits per heavy atom. The molecule has 0 spiro atoms. The Bertz CT molecular complexity index is 654. The summed E-state index contributed by atoms with van der Waals surface area (Å²) in [5.41, 5.74) is -0.496. The third-order valence-electron chi connectivity index (χ3n) is 2.49. The van der Waals surface area contributed by atoms with Crippen molar-refractivity contribution in [2.75, 3.05) is 0 Å². The maximum Gasteiger partial charge on any atom is 0.416 e. The topological polar surface area (TPSA) is 50.4 Å². The van der Waals surface area contributed by atoms with Crippen molar-refractivity contribution >= 4 is 12.0 Å². The normalized spacial score (nSPS) is 11.9. The van der Waals surface area contributed by atoms with Gasteiger partial charge in [-0.25, -0.2) is 4.79 Å². The Morgan fingerprint density at radius 2 is 1.95 bits per heavy atom. The summed E-state index contributed by atoms with van der Waals surface area (Å²) >= 11 is 0. The molecule has 0 fully saturated rings. The summed E-state index contributed by atoms with van der Waals surface area (Å²) < 4.78 is 43.0. The van der Waals surface area contributed by atoms with Crippen molar-refractivity contribution in [1.29, 1.82) is 0 Å². The minimum Gasteiger partial charge on any atom is -0.478 e. The molecular weight excluding hydrogens is 273 g/mol. The van der Waals surface area contributed by atoms with Gasteiger partial charge in [-0.3, -0.25) is 0 Å². The highest BCUT2D eigenvalue weighted by atomic mass is 19.4. The smallest absolute Gasteiger partial charge is 0.416 e. The fraction of sp³-hybridized carbons (Fsp3) is 0.0714. The van der Waals surface area contributed by atoms with Gasteiger partial charge in [0.05, 0.1) is 5.56 Å². The van der Waals surface area contributed by atoms with E-state index in [1.165, 1.54) is 30.3 Å². The van der Waals surface area contributed by atoms with Gasteiger partial charge in [-0.1, -0.05) is 12.1 Å². The number of benzene rings is 1. The molecule has 2 rings (SSSR count). The van der Waals surface area contributed by atoms with Gasteiger partial charge < -0.3 is 9.52 Å². The molecule has 6 heteroatoms. The Balaban J connectivity index is 2.31. The fourth-order valence-electron chi connectivity index (χ4n) is 1.60. The second kappa shape index (κ2) is 5.24. The van der Waals surface area contributed by atoms with Crippen molar-refractivity contribution in [3.05, 3.63) is 53.8 Å². The zero-order chi connectivity index (χ0) is 14.8. The molecule has 0 aliphatic heterocycles. The van der Waals surface area contributed by atoms with Gasteiger partial charge in [0.2, 0.25) is 0 Å². The average molecular weight is 282 g/mol. The van der Waals surface area contributed by atoms with Gasteiger partial charge in [-0.2, -0.15) is 13.2 Å². The number of rotatable bonds is 3. The van der Waals surface area contributed by atoms with Crippen molar-refractivity contribution in [3.63, 3.8) is 0 Å². The van der Waals surface area contributed by atoms with Crippen LogP contribution < -0.4 is 0 Å². The Labute approximate surface area is 112 Å². The van der Waals surface area contributed by atoms with Crippen molar-refractivity contribution in [3.8, 4) is 11.3 Å². The number of furan rings is 1. The van der Waals surface area contributed by atoms with E-state index in [4.69, 9.17) is 9.52 Å². The van der Waals surface area contributed by atoms with Gasteiger partial charge in [-0.15, -0.1) is 0 Å². The first-order chi connectivity index (χ1) is 9.36. The first-order valence-electron chi connectivity index (χ1n) is 5.55. The van der Waals surface area contributed by atoms with Gasteiger partial charge in [0, 0.05) is 11.6 Å². The van der Waals surface area contributed by atoms with Crippen LogP contribution in [0.15, 0.2) is 46.9 Å². The van der Waals surface area contributed by atoms with E-state index in [9.17, 15) is 18.0 Å². The number of aliphatic carboxylic acids is 1. The van der Waals surface area contributed by atoms with Crippen molar-refractivity contribution < 1.29 is 27.5 Å². The number of hydrogen-bond donors (Lipinski definition) is 1. The van der Waals surface area contributed by atoms with Crippen LogP contribution >= 0.6 is 0 Å². The lowest BCUT2D eigenvalue weighted by Gasteiger charge is -2.07. The van der Waals surface area contributed by atoms with E-state index in [0.717, 1.165) is 18.2 Å². The van der Waals surface area contributed by atoms with E-state index in [1.54, 1.807) is 0 Å². The lowest BCUT2D eigenvalue weighted by molar-refractivity contribution is -0.137. The molecule has 20 heavy (non-hydrogen) atoms. The molecule has 104 valence electrons. The van der Waals surface area contributed by atoms with Crippen molar-refractivity contribution in [2.45, 2.75) is 6.18 Å². The van der Waals surface area contributed by atoms with Gasteiger partial charge in [-0.05, 0) is 30.3 Å². The molecule has 0 bridgehead atoms. The van der Waals surface area contributed by atoms with Crippen molar-refractivity contribution in [2.24, 2.45) is 0 Å². The van der Waals surface area contributed by atoms with Crippen LogP contribution in [0.4, 0.5) is 13.2 Å². The quantitative estimate of drug-likeness (QED) is 0.863. The van der Waals surface area contributed by atoms with E-state index in [0.29, 0.717) is 0 Å². The minimum absolute atomic E-state index is 0.237. The molecule has 0 radical (unpaired) electrons. The molecule has 0 unspecified atom stereocenters. The summed E-state index contributed by atoms with van der Waals surface area (Å²) in [4.78, 5) is 10.4. The van der Waals surface area contributed by atoms with Crippen LogP contribution in [-0.4, -0.2) is 11.1 Å². The lowest BCUT2D eigenvalue weighted by Crippen LogP contribution is -2.04. The number of carboxylic acids is 1. The summed E-state index contributed by atoms with van der Waals surface area (Å²) in [5, 5.41) is 8.47.